The number of carbonyl (C=O) groups is 2. The van der Waals surface area contributed by atoms with Gasteiger partial charge in [-0.2, -0.15) is 0 Å². The van der Waals surface area contributed by atoms with Gasteiger partial charge in [0.2, 0.25) is 0 Å². The maximum absolute atomic E-state index is 12.8. The number of para-hydroxylation sites is 1. The SMILES string of the molecule is CC(=O)Oc1c(OC(=O)c2ccccc2)c(=O)oc2c(OCC=C(C)CCC=C(C)C)cccc12. The second kappa shape index (κ2) is 11.8. The van der Waals surface area contributed by atoms with Crippen molar-refractivity contribution in [1.29, 1.82) is 0 Å². The Hall–Kier alpha value is -4.13. The third kappa shape index (κ3) is 6.93. The lowest BCUT2D eigenvalue weighted by atomic mass is 10.1. The van der Waals surface area contributed by atoms with Crippen molar-refractivity contribution >= 4 is 22.9 Å². The lowest BCUT2D eigenvalue weighted by Gasteiger charge is -2.13. The zero-order chi connectivity index (χ0) is 25.4. The largest absolute Gasteiger partial charge is 0.486 e. The maximum Gasteiger partial charge on any atom is 0.383 e. The molecule has 3 aromatic rings. The fraction of sp³-hybridized carbons (Fsp3) is 0.250. The Morgan fingerprint density at radius 1 is 0.886 bits per heavy atom. The van der Waals surface area contributed by atoms with E-state index in [0.29, 0.717) is 5.75 Å². The Morgan fingerprint density at radius 3 is 2.31 bits per heavy atom. The van der Waals surface area contributed by atoms with Crippen molar-refractivity contribution < 1.29 is 28.2 Å². The lowest BCUT2D eigenvalue weighted by molar-refractivity contribution is -0.131. The summed E-state index contributed by atoms with van der Waals surface area (Å²) >= 11 is 0. The minimum absolute atomic E-state index is 0.0869. The number of esters is 2. The van der Waals surface area contributed by atoms with Gasteiger partial charge in [-0.25, -0.2) is 9.59 Å². The molecule has 0 fully saturated rings. The summed E-state index contributed by atoms with van der Waals surface area (Å²) in [6, 6.07) is 13.0. The minimum atomic E-state index is -0.970. The predicted molar refractivity (Wildman–Crippen MR) is 133 cm³/mol. The van der Waals surface area contributed by atoms with Crippen LogP contribution in [0.15, 0.2) is 81.0 Å². The summed E-state index contributed by atoms with van der Waals surface area (Å²) < 4.78 is 21.9. The molecule has 0 bridgehead atoms. The van der Waals surface area contributed by atoms with Crippen LogP contribution < -0.4 is 19.8 Å². The van der Waals surface area contributed by atoms with Gasteiger partial charge in [0.25, 0.3) is 5.75 Å². The van der Waals surface area contributed by atoms with Gasteiger partial charge >= 0.3 is 17.6 Å². The molecule has 7 heteroatoms. The molecule has 0 spiro atoms. The Kier molecular flexibility index (Phi) is 8.62. The summed E-state index contributed by atoms with van der Waals surface area (Å²) in [7, 11) is 0. The van der Waals surface area contributed by atoms with Crippen LogP contribution in [0.1, 0.15) is 50.9 Å². The van der Waals surface area contributed by atoms with Crippen molar-refractivity contribution in [3.63, 3.8) is 0 Å². The van der Waals surface area contributed by atoms with Crippen LogP contribution >= 0.6 is 0 Å². The lowest BCUT2D eigenvalue weighted by Crippen LogP contribution is -2.17. The van der Waals surface area contributed by atoms with Crippen molar-refractivity contribution in [2.45, 2.75) is 40.5 Å². The summed E-state index contributed by atoms with van der Waals surface area (Å²) in [5.41, 5.74) is 1.79. The van der Waals surface area contributed by atoms with Gasteiger partial charge in [-0.1, -0.05) is 41.5 Å². The molecule has 35 heavy (non-hydrogen) atoms. The molecule has 0 saturated carbocycles. The van der Waals surface area contributed by atoms with Crippen LogP contribution in [0.2, 0.25) is 0 Å². The number of fused-ring (bicyclic) bond motifs is 1. The van der Waals surface area contributed by atoms with E-state index in [4.69, 9.17) is 18.6 Å². The third-order valence-corrected chi connectivity index (χ3v) is 5.02. The highest BCUT2D eigenvalue weighted by atomic mass is 16.6. The summed E-state index contributed by atoms with van der Waals surface area (Å²) in [6.45, 7) is 7.60. The second-order valence-corrected chi connectivity index (χ2v) is 8.21. The van der Waals surface area contributed by atoms with E-state index in [1.54, 1.807) is 36.4 Å². The van der Waals surface area contributed by atoms with E-state index in [-0.39, 0.29) is 28.9 Å². The van der Waals surface area contributed by atoms with E-state index in [1.807, 2.05) is 13.0 Å². The Balaban J connectivity index is 1.92. The van der Waals surface area contributed by atoms with E-state index in [9.17, 15) is 14.4 Å². The highest BCUT2D eigenvalue weighted by Crippen LogP contribution is 2.37. The molecule has 0 aliphatic heterocycles. The van der Waals surface area contributed by atoms with Crippen LogP contribution in [0.5, 0.6) is 17.2 Å². The van der Waals surface area contributed by atoms with Crippen LogP contribution in [0.4, 0.5) is 0 Å². The summed E-state index contributed by atoms with van der Waals surface area (Å²) in [5.74, 6) is -1.88. The Labute approximate surface area is 203 Å². The molecule has 0 amide bonds. The van der Waals surface area contributed by atoms with E-state index in [0.717, 1.165) is 12.8 Å². The first-order chi connectivity index (χ1) is 16.8. The first-order valence-electron chi connectivity index (χ1n) is 11.2. The molecule has 0 N–H and O–H groups in total. The first-order valence-corrected chi connectivity index (χ1v) is 11.2. The molecular formula is C28H28O7. The number of hydrogen-bond donors (Lipinski definition) is 0. The van der Waals surface area contributed by atoms with Crippen LogP contribution in [0.3, 0.4) is 0 Å². The number of hydrogen-bond acceptors (Lipinski definition) is 7. The molecule has 2 aromatic carbocycles. The number of ether oxygens (including phenoxy) is 3. The van der Waals surface area contributed by atoms with Gasteiger partial charge < -0.3 is 18.6 Å². The summed E-state index contributed by atoms with van der Waals surface area (Å²) in [5, 5.41) is 0.262. The molecule has 7 nitrogen and oxygen atoms in total. The summed E-state index contributed by atoms with van der Waals surface area (Å²) in [4.78, 5) is 37.1. The molecule has 0 atom stereocenters. The van der Waals surface area contributed by atoms with Crippen LogP contribution in [0, 0.1) is 0 Å². The van der Waals surface area contributed by atoms with E-state index < -0.39 is 23.3 Å². The number of allylic oxidation sites excluding steroid dienone is 3. The van der Waals surface area contributed by atoms with Crippen molar-refractivity contribution in [2.24, 2.45) is 0 Å². The smallest absolute Gasteiger partial charge is 0.383 e. The quantitative estimate of drug-likeness (QED) is 0.212. The normalized spacial score (nSPS) is 11.1. The van der Waals surface area contributed by atoms with Crippen molar-refractivity contribution in [1.82, 2.24) is 0 Å². The van der Waals surface area contributed by atoms with Crippen molar-refractivity contribution in [3.05, 3.63) is 87.8 Å². The Bertz CT molecular complexity index is 1330. The fourth-order valence-electron chi connectivity index (χ4n) is 3.29. The minimum Gasteiger partial charge on any atom is -0.486 e. The average Bonchev–Trinajstić information content (AvgIpc) is 2.81. The molecule has 1 heterocycles. The Morgan fingerprint density at radius 2 is 1.63 bits per heavy atom. The van der Waals surface area contributed by atoms with Crippen molar-refractivity contribution in [2.75, 3.05) is 6.61 Å². The zero-order valence-electron chi connectivity index (χ0n) is 20.3. The van der Waals surface area contributed by atoms with E-state index >= 15 is 0 Å². The molecule has 0 unspecified atom stereocenters. The number of carbonyl (C=O) groups excluding carboxylic acids is 2. The van der Waals surface area contributed by atoms with Gasteiger partial charge in [-0.15, -0.1) is 0 Å². The third-order valence-electron chi connectivity index (χ3n) is 5.02. The zero-order valence-corrected chi connectivity index (χ0v) is 20.3. The van der Waals surface area contributed by atoms with Gasteiger partial charge in [0.05, 0.1) is 10.9 Å². The maximum atomic E-state index is 12.8. The van der Waals surface area contributed by atoms with Crippen LogP contribution in [-0.2, 0) is 4.79 Å². The standard InChI is InChI=1S/C28H28O7/c1-18(2)10-8-11-19(3)16-17-32-23-15-9-14-22-24(23)34-28(31)26(25(22)33-20(4)29)35-27(30)21-12-6-5-7-13-21/h5-7,9-10,12-16H,8,11,17H2,1-4H3. The van der Waals surface area contributed by atoms with Crippen LogP contribution in [-0.4, -0.2) is 18.5 Å². The van der Waals surface area contributed by atoms with E-state index in [1.165, 1.54) is 30.2 Å². The van der Waals surface area contributed by atoms with Gasteiger partial charge in [-0.3, -0.25) is 4.79 Å². The first kappa shape index (κ1) is 25.5. The fourth-order valence-corrected chi connectivity index (χ4v) is 3.29. The second-order valence-electron chi connectivity index (χ2n) is 8.21. The molecule has 0 radical (unpaired) electrons. The molecule has 0 aliphatic rings. The molecule has 0 aliphatic carbocycles. The molecular weight excluding hydrogens is 448 g/mol. The highest BCUT2D eigenvalue weighted by molar-refractivity contribution is 5.95. The molecule has 0 saturated heterocycles. The van der Waals surface area contributed by atoms with Crippen LogP contribution in [0.25, 0.3) is 11.0 Å². The molecule has 1 aromatic heterocycles. The van der Waals surface area contributed by atoms with E-state index in [2.05, 4.69) is 19.9 Å². The number of benzene rings is 2. The topological polar surface area (TPSA) is 92.0 Å². The van der Waals surface area contributed by atoms with Gasteiger partial charge in [0.15, 0.2) is 17.1 Å². The average molecular weight is 477 g/mol. The summed E-state index contributed by atoms with van der Waals surface area (Å²) in [6.07, 6.45) is 5.99. The molecule has 182 valence electrons. The van der Waals surface area contributed by atoms with Gasteiger partial charge in [0, 0.05) is 6.92 Å². The predicted octanol–water partition coefficient (Wildman–Crippen LogP) is 6.01. The monoisotopic (exact) mass is 476 g/mol. The van der Waals surface area contributed by atoms with Gasteiger partial charge in [-0.05, 0) is 64.0 Å². The molecule has 3 rings (SSSR count). The number of rotatable bonds is 9. The van der Waals surface area contributed by atoms with Crippen molar-refractivity contribution in [3.8, 4) is 17.2 Å². The highest BCUT2D eigenvalue weighted by Gasteiger charge is 2.24. The van der Waals surface area contributed by atoms with Gasteiger partial charge in [0.1, 0.15) is 6.61 Å².